The third kappa shape index (κ3) is 15.5. The zero-order valence-corrected chi connectivity index (χ0v) is 33.1. The Kier molecular flexibility index (Phi) is 20.0. The Hall–Kier alpha value is -3.10. The summed E-state index contributed by atoms with van der Waals surface area (Å²) < 4.78 is 39.1. The van der Waals surface area contributed by atoms with Crippen LogP contribution in [0.4, 0.5) is 18.0 Å². The second-order valence-corrected chi connectivity index (χ2v) is 15.8. The van der Waals surface area contributed by atoms with Crippen LogP contribution in [0.1, 0.15) is 113 Å². The van der Waals surface area contributed by atoms with Crippen molar-refractivity contribution in [2.45, 2.75) is 143 Å². The van der Waals surface area contributed by atoms with Crippen molar-refractivity contribution in [2.75, 3.05) is 18.8 Å². The number of likely N-dealkylation sites (tertiary alicyclic amines) is 1. The van der Waals surface area contributed by atoms with Crippen LogP contribution in [0.2, 0.25) is 0 Å². The average Bonchev–Trinajstić information content (AvgIpc) is 3.87. The lowest BCUT2D eigenvalue weighted by molar-refractivity contribution is -0.143. The molecule has 0 spiro atoms. The summed E-state index contributed by atoms with van der Waals surface area (Å²) >= 11 is 0.0514. The van der Waals surface area contributed by atoms with Crippen molar-refractivity contribution in [2.24, 2.45) is 23.2 Å². The number of carbonyl (C=O) groups excluding carboxylic acids is 6. The quantitative estimate of drug-likeness (QED) is 0.0975. The lowest BCUT2D eigenvalue weighted by Crippen LogP contribution is -2.61. The topological polar surface area (TPSA) is 154 Å². The maximum absolute atomic E-state index is 14.1. The fourth-order valence-corrected chi connectivity index (χ4v) is 6.95. The number of Topliss-reactive ketones (excluding diaryl/α,β-unsaturated/α-hetero) is 2. The van der Waals surface area contributed by atoms with Gasteiger partial charge in [0, 0.05) is 19.0 Å². The molecule has 5 amide bonds. The van der Waals surface area contributed by atoms with Gasteiger partial charge in [-0.2, -0.15) is 13.2 Å². The van der Waals surface area contributed by atoms with Crippen molar-refractivity contribution in [1.29, 1.82) is 0 Å². The van der Waals surface area contributed by atoms with Gasteiger partial charge in [-0.15, -0.1) is 18.3 Å². The van der Waals surface area contributed by atoms with Gasteiger partial charge in [0.25, 0.3) is 11.7 Å². The Labute approximate surface area is 312 Å². The second kappa shape index (κ2) is 22.2. The molecule has 52 heavy (non-hydrogen) atoms. The molecule has 3 rings (SSSR count). The van der Waals surface area contributed by atoms with Crippen molar-refractivity contribution in [1.82, 2.24) is 26.2 Å². The summed E-state index contributed by atoms with van der Waals surface area (Å²) in [7, 11) is 0. The molecule has 3 fully saturated rings. The molecule has 1 heterocycles. The van der Waals surface area contributed by atoms with E-state index in [0.717, 1.165) is 44.9 Å². The summed E-state index contributed by atoms with van der Waals surface area (Å²) in [6.07, 6.45) is 4.28. The van der Waals surface area contributed by atoms with Gasteiger partial charge in [-0.25, -0.2) is 4.79 Å². The zero-order chi connectivity index (χ0) is 39.8. The highest BCUT2D eigenvalue weighted by molar-refractivity contribution is 8.00. The number of alkyl halides is 3. The number of ketones is 2. The van der Waals surface area contributed by atoms with Crippen LogP contribution in [-0.2, 0) is 24.0 Å². The van der Waals surface area contributed by atoms with E-state index in [1.165, 1.54) is 17.4 Å². The molecule has 0 bridgehead atoms. The fraction of sp³-hybridized carbons (Fsp3) is 0.784. The Morgan fingerprint density at radius 2 is 1.50 bits per heavy atom. The molecule has 1 saturated heterocycles. The molecular weight excluding hydrogens is 699 g/mol. The lowest BCUT2D eigenvalue weighted by Gasteiger charge is -2.36. The number of nitrogens with zero attached hydrogens (tertiary/aromatic N) is 1. The van der Waals surface area contributed by atoms with Crippen molar-refractivity contribution in [3.05, 3.63) is 12.7 Å². The summed E-state index contributed by atoms with van der Waals surface area (Å²) in [5, 5.41) is 8.22. The normalized spacial score (nSPS) is 20.7. The van der Waals surface area contributed by atoms with Crippen LogP contribution in [0.5, 0.6) is 0 Å². The molecule has 3 aliphatic rings. The van der Waals surface area contributed by atoms with E-state index in [4.69, 9.17) is 0 Å². The molecule has 0 aromatic rings. The van der Waals surface area contributed by atoms with Gasteiger partial charge >= 0.3 is 12.2 Å². The molecular formula is C37H62F3N5O6S. The minimum Gasteiger partial charge on any atom is -0.346 e. The highest BCUT2D eigenvalue weighted by Crippen LogP contribution is 2.36. The Morgan fingerprint density at radius 3 is 2.00 bits per heavy atom. The van der Waals surface area contributed by atoms with Crippen LogP contribution in [-0.4, -0.2) is 88.7 Å². The van der Waals surface area contributed by atoms with E-state index >= 15 is 0 Å². The molecule has 2 aliphatic carbocycles. The molecule has 5 atom stereocenters. The highest BCUT2D eigenvalue weighted by Gasteiger charge is 2.46. The van der Waals surface area contributed by atoms with Crippen LogP contribution in [0.25, 0.3) is 0 Å². The van der Waals surface area contributed by atoms with E-state index in [0.29, 0.717) is 0 Å². The third-order valence-corrected chi connectivity index (χ3v) is 9.89. The Bertz CT molecular complexity index is 1220. The lowest BCUT2D eigenvalue weighted by atomic mass is 9.81. The number of halogens is 3. The van der Waals surface area contributed by atoms with Gasteiger partial charge in [-0.3, -0.25) is 24.0 Å². The number of carbonyl (C=O) groups is 6. The molecule has 4 N–H and O–H groups in total. The van der Waals surface area contributed by atoms with Crippen molar-refractivity contribution in [3.63, 3.8) is 0 Å². The van der Waals surface area contributed by atoms with Crippen molar-refractivity contribution in [3.8, 4) is 0 Å². The first-order chi connectivity index (χ1) is 24.3. The smallest absolute Gasteiger partial charge is 0.346 e. The monoisotopic (exact) mass is 761 g/mol. The number of rotatable bonds is 14. The maximum Gasteiger partial charge on any atom is 0.397 e. The summed E-state index contributed by atoms with van der Waals surface area (Å²) in [4.78, 5) is 80.4. The van der Waals surface area contributed by atoms with E-state index in [-0.39, 0.29) is 54.8 Å². The Morgan fingerprint density at radius 1 is 0.923 bits per heavy atom. The molecule has 298 valence electrons. The zero-order valence-electron chi connectivity index (χ0n) is 32.3. The van der Waals surface area contributed by atoms with Crippen molar-refractivity contribution < 1.29 is 41.9 Å². The van der Waals surface area contributed by atoms with E-state index < -0.39 is 70.4 Å². The Balaban J connectivity index is 0.00000256. The van der Waals surface area contributed by atoms with E-state index in [1.807, 2.05) is 13.8 Å². The van der Waals surface area contributed by atoms with E-state index in [1.54, 1.807) is 27.7 Å². The predicted molar refractivity (Wildman–Crippen MR) is 198 cm³/mol. The maximum atomic E-state index is 14.1. The molecule has 11 nitrogen and oxygen atoms in total. The molecule has 0 aromatic carbocycles. The second-order valence-electron chi connectivity index (χ2n) is 14.7. The van der Waals surface area contributed by atoms with Gasteiger partial charge in [0.15, 0.2) is 5.78 Å². The van der Waals surface area contributed by atoms with Gasteiger partial charge in [-0.1, -0.05) is 87.1 Å². The highest BCUT2D eigenvalue weighted by atomic mass is 32.2. The SMILES string of the molecule is C=CCNC(=O)C(=O)C(NC(=O)[C@@H]1CC(C)CN1C(=O)C(NC(=O)NC(C(=O)C1CC1)C1CCCCC1)C(C)(C)C)SCC(F)(F)F.CC.CCC. The number of hydrogen-bond acceptors (Lipinski definition) is 7. The molecule has 0 aromatic heterocycles. The summed E-state index contributed by atoms with van der Waals surface area (Å²) in [5.41, 5.74) is -0.841. The molecule has 2 saturated carbocycles. The number of urea groups is 1. The molecule has 4 unspecified atom stereocenters. The number of nitrogens with one attached hydrogen (secondary N) is 4. The van der Waals surface area contributed by atoms with E-state index in [2.05, 4.69) is 41.7 Å². The van der Waals surface area contributed by atoms with Gasteiger partial charge in [-0.05, 0) is 49.4 Å². The van der Waals surface area contributed by atoms with Crippen LogP contribution >= 0.6 is 11.8 Å². The first kappa shape index (κ1) is 46.9. The molecule has 0 radical (unpaired) electrons. The number of thioether (sulfide) groups is 1. The average molecular weight is 762 g/mol. The summed E-state index contributed by atoms with van der Waals surface area (Å²) in [5.74, 6) is -5.67. The summed E-state index contributed by atoms with van der Waals surface area (Å²) in [6, 6.07) is -3.63. The van der Waals surface area contributed by atoms with Gasteiger partial charge in [0.2, 0.25) is 11.8 Å². The first-order valence-electron chi connectivity index (χ1n) is 18.7. The summed E-state index contributed by atoms with van der Waals surface area (Å²) in [6.45, 7) is 18.7. The third-order valence-electron chi connectivity index (χ3n) is 8.73. The molecule has 15 heteroatoms. The van der Waals surface area contributed by atoms with E-state index in [9.17, 15) is 41.9 Å². The van der Waals surface area contributed by atoms with Gasteiger partial charge in [0.05, 0.1) is 11.8 Å². The minimum absolute atomic E-state index is 0.0152. The minimum atomic E-state index is -4.68. The van der Waals surface area contributed by atoms with Crippen LogP contribution < -0.4 is 21.3 Å². The van der Waals surface area contributed by atoms with Gasteiger partial charge < -0.3 is 26.2 Å². The van der Waals surface area contributed by atoms with Crippen LogP contribution in [0.3, 0.4) is 0 Å². The van der Waals surface area contributed by atoms with Crippen LogP contribution in [0, 0.1) is 23.2 Å². The fourth-order valence-electron chi connectivity index (χ4n) is 6.13. The van der Waals surface area contributed by atoms with Crippen LogP contribution in [0.15, 0.2) is 12.7 Å². The largest absolute Gasteiger partial charge is 0.397 e. The standard InChI is InChI=1S/C32H48F3N5O6S.C3H8.C2H6/c1-6-14-36-27(44)24(42)28(47-17-32(33,34)35)39-26(43)21-15-18(2)16-40(21)29(45)25(31(3,4)5)38-30(46)37-22(23(41)20-12-13-20)19-10-8-7-9-11-19;1-3-2;1-2/h6,18-22,25,28H,1,7-17H2,2-5H3,(H,36,44)(H,39,43)(H2,37,38,46);3H2,1-2H3;1-2H3/t18?,21-,22?,25?,28?;;/m0../s1. The first-order valence-corrected chi connectivity index (χ1v) is 19.7. The number of hydrogen-bond donors (Lipinski definition) is 4. The molecule has 1 aliphatic heterocycles. The van der Waals surface area contributed by atoms with Gasteiger partial charge in [0.1, 0.15) is 17.5 Å². The predicted octanol–water partition coefficient (Wildman–Crippen LogP) is 5.92. The number of amides is 5. The van der Waals surface area contributed by atoms with Crippen molar-refractivity contribution >= 4 is 47.1 Å².